The van der Waals surface area contributed by atoms with Crippen LogP contribution in [0.5, 0.6) is 11.5 Å². The number of thioether (sulfide) groups is 1. The van der Waals surface area contributed by atoms with Gasteiger partial charge in [-0.2, -0.15) is 0 Å². The number of carbonyl (C=O) groups is 4. The van der Waals surface area contributed by atoms with Crippen LogP contribution in [0, 0.1) is 29.6 Å². The summed E-state index contributed by atoms with van der Waals surface area (Å²) in [6, 6.07) is 6.76. The third kappa shape index (κ3) is 13.4. The van der Waals surface area contributed by atoms with E-state index in [1.54, 1.807) is 78.6 Å². The van der Waals surface area contributed by atoms with Gasteiger partial charge in [-0.3, -0.25) is 24.2 Å². The second-order valence-electron chi connectivity index (χ2n) is 22.8. The predicted molar refractivity (Wildman–Crippen MR) is 289 cm³/mol. The summed E-state index contributed by atoms with van der Waals surface area (Å²) in [6.45, 7) is 18.1. The molecule has 1 aromatic carbocycles. The Morgan fingerprint density at radius 1 is 0.857 bits per heavy atom. The number of esters is 2. The first-order valence-electron chi connectivity index (χ1n) is 27.3. The molecule has 2 aromatic rings. The maximum atomic E-state index is 15.3. The van der Waals surface area contributed by atoms with Crippen LogP contribution in [0.2, 0.25) is 0 Å². The fraction of sp³-hybridized carbons (Fsp3) is 0.741. The van der Waals surface area contributed by atoms with Gasteiger partial charge in [-0.1, -0.05) is 27.7 Å². The molecule has 4 aliphatic rings. The number of pyridine rings is 1. The Bertz CT molecular complexity index is 2330. The maximum Gasteiger partial charge on any atom is 0.320 e. The van der Waals surface area contributed by atoms with Gasteiger partial charge in [0.1, 0.15) is 29.3 Å². The minimum Gasteiger partial charge on any atom is -0.493 e. The van der Waals surface area contributed by atoms with Crippen LogP contribution < -0.4 is 9.47 Å². The fourth-order valence-electron chi connectivity index (χ4n) is 12.6. The monoisotopic (exact) mass is 1100 g/mol. The summed E-state index contributed by atoms with van der Waals surface area (Å²) in [6.07, 6.45) is -2.89. The zero-order chi connectivity index (χ0) is 56.9. The molecule has 18 nitrogen and oxygen atoms in total. The number of hydrogen-bond donors (Lipinski definition) is 2. The number of cyclic esters (lactones) is 1. The molecule has 4 fully saturated rings. The molecule has 5 heterocycles. The third-order valence-electron chi connectivity index (χ3n) is 17.2. The van der Waals surface area contributed by atoms with Crippen LogP contribution in [0.1, 0.15) is 123 Å². The molecule has 4 saturated heterocycles. The Labute approximate surface area is 460 Å². The van der Waals surface area contributed by atoms with Gasteiger partial charge < -0.3 is 62.5 Å². The quantitative estimate of drug-likeness (QED) is 0.0888. The summed E-state index contributed by atoms with van der Waals surface area (Å²) >= 11 is 1.37. The Kier molecular flexibility index (Phi) is 21.3. The number of aromatic nitrogens is 1. The van der Waals surface area contributed by atoms with Crippen LogP contribution >= 0.6 is 11.8 Å². The van der Waals surface area contributed by atoms with E-state index in [4.69, 9.17) is 47.4 Å². The molecule has 19 heteroatoms. The molecule has 1 aromatic heterocycles. The van der Waals surface area contributed by atoms with Crippen molar-refractivity contribution in [2.24, 2.45) is 29.6 Å². The normalized spacial score (nSPS) is 38.4. The number of hydrogen-bond acceptors (Lipinski definition) is 19. The zero-order valence-corrected chi connectivity index (χ0v) is 49.1. The number of aliphatic hydroxyl groups is 2. The molecule has 4 aliphatic heterocycles. The molecule has 432 valence electrons. The molecule has 6 rings (SSSR count). The third-order valence-corrected chi connectivity index (χ3v) is 18.6. The molecule has 0 amide bonds. The molecule has 0 unspecified atom stereocenters. The Hall–Kier alpha value is -3.76. The van der Waals surface area contributed by atoms with Gasteiger partial charge in [-0.15, -0.1) is 11.8 Å². The second-order valence-corrected chi connectivity index (χ2v) is 24.0. The lowest BCUT2D eigenvalue weighted by Gasteiger charge is -2.50. The van der Waals surface area contributed by atoms with E-state index in [9.17, 15) is 19.8 Å². The van der Waals surface area contributed by atoms with Gasteiger partial charge in [0, 0.05) is 80.3 Å². The van der Waals surface area contributed by atoms with E-state index in [1.165, 1.54) is 26.0 Å². The van der Waals surface area contributed by atoms with Gasteiger partial charge in [-0.05, 0) is 123 Å². The van der Waals surface area contributed by atoms with Crippen molar-refractivity contribution in [3.8, 4) is 11.5 Å². The molecule has 0 spiro atoms. The standard InChI is InChI=1S/C58H88N2O16S/c1-17-43-58(10)45(50(54(66)76-58)77-26-18-19-39-38(20-21-42(67-13)49(39)68-14)41(61)28-37-22-24-59-25-23-37)33(4)46(62)31(2)29-57(9,70-16)52(75-55-47(63)40(60(11)12)27-32(3)71-55)34(5)48(35(6)53(65)73-43)74-44-30-56(8,69-15)51(64)36(7)72-44/h20-25,31-36,40,43-45,47-48,50-52,55,63-64H,17-19,26-30H2,1-16H3/t31-,32-,33-,34+,35-,36+,40+,43-,44+,45+,47-,48+,50+,51+,52-,55+,56-,57-,58-/m1/s1. The summed E-state index contributed by atoms with van der Waals surface area (Å²) in [5.74, 6) is -4.12. The number of methoxy groups -OCH3 is 4. The first-order chi connectivity index (χ1) is 36.3. The minimum absolute atomic E-state index is 0.0984. The molecule has 0 radical (unpaired) electrons. The van der Waals surface area contributed by atoms with Gasteiger partial charge in [0.15, 0.2) is 35.5 Å². The van der Waals surface area contributed by atoms with Crippen LogP contribution in [-0.2, 0) is 65.1 Å². The molecule has 2 N–H and O–H groups in total. The summed E-state index contributed by atoms with van der Waals surface area (Å²) in [5, 5.41) is 22.2. The van der Waals surface area contributed by atoms with Crippen LogP contribution in [0.25, 0.3) is 0 Å². The van der Waals surface area contributed by atoms with Crippen LogP contribution in [0.15, 0.2) is 36.7 Å². The van der Waals surface area contributed by atoms with Crippen molar-refractivity contribution in [3.63, 3.8) is 0 Å². The van der Waals surface area contributed by atoms with Gasteiger partial charge >= 0.3 is 11.9 Å². The average Bonchev–Trinajstić information content (AvgIpc) is 3.69. The van der Waals surface area contributed by atoms with E-state index in [1.807, 2.05) is 60.5 Å². The molecule has 77 heavy (non-hydrogen) atoms. The molecular formula is C58H88N2O16S. The smallest absolute Gasteiger partial charge is 0.320 e. The van der Waals surface area contributed by atoms with E-state index < -0.39 is 113 Å². The molecule has 19 atom stereocenters. The highest BCUT2D eigenvalue weighted by atomic mass is 32.2. The number of likely N-dealkylation sites (N-methyl/N-ethyl adjacent to an activating group) is 1. The molecule has 0 saturated carbocycles. The van der Waals surface area contributed by atoms with E-state index in [0.29, 0.717) is 47.6 Å². The number of ether oxygens (including phenoxy) is 10. The van der Waals surface area contributed by atoms with Crippen LogP contribution in [0.4, 0.5) is 0 Å². The summed E-state index contributed by atoms with van der Waals surface area (Å²) in [7, 11) is 9.91. The van der Waals surface area contributed by atoms with Gasteiger partial charge in [-0.25, -0.2) is 0 Å². The Morgan fingerprint density at radius 2 is 1.53 bits per heavy atom. The Balaban J connectivity index is 1.37. The first kappa shape index (κ1) is 62.4. The highest BCUT2D eigenvalue weighted by molar-refractivity contribution is 8.00. The predicted octanol–water partition coefficient (Wildman–Crippen LogP) is 6.83. The SMILES string of the molecule is CC[C@H]1OC(=O)[C@H](C)[C@@H](O[C@H]2C[C@@](C)(OC)[C@@H](O)[C@H](C)O2)[C@H](C)[C@@H](O[C@@H]2O[C@H](C)C[C@H](N(C)C)[C@H]2O)[C@](C)(OC)C[C@@H](C)C(=O)[C@H](C)[C@H]2[C@H](SCCCc3c(C(=O)Cc4ccncc4)ccc(OC)c3OC)C(=O)O[C@@]21C. The van der Waals surface area contributed by atoms with E-state index in [-0.39, 0.29) is 49.4 Å². The largest absolute Gasteiger partial charge is 0.493 e. The topological polar surface area (TPSA) is 217 Å². The van der Waals surface area contributed by atoms with Gasteiger partial charge in [0.05, 0.1) is 55.8 Å². The zero-order valence-electron chi connectivity index (χ0n) is 48.3. The van der Waals surface area contributed by atoms with Crippen molar-refractivity contribution < 1.29 is 76.8 Å². The lowest BCUT2D eigenvalue weighted by Crippen LogP contribution is -2.61. The number of nitrogens with zero attached hydrogens (tertiary/aromatic N) is 2. The van der Waals surface area contributed by atoms with Crippen LogP contribution in [0.3, 0.4) is 0 Å². The highest BCUT2D eigenvalue weighted by Gasteiger charge is 2.62. The number of rotatable bonds is 18. The number of aliphatic hydroxyl groups excluding tert-OH is 2. The lowest BCUT2D eigenvalue weighted by molar-refractivity contribution is -0.319. The summed E-state index contributed by atoms with van der Waals surface area (Å²) in [4.78, 5) is 64.8. The lowest BCUT2D eigenvalue weighted by atomic mass is 9.70. The van der Waals surface area contributed by atoms with Gasteiger partial charge in [0.25, 0.3) is 0 Å². The minimum atomic E-state index is -1.45. The van der Waals surface area contributed by atoms with Crippen molar-refractivity contribution in [1.82, 2.24) is 9.88 Å². The van der Waals surface area contributed by atoms with Crippen molar-refractivity contribution in [3.05, 3.63) is 53.3 Å². The number of fused-ring (bicyclic) bond motifs is 1. The molecule has 0 aliphatic carbocycles. The maximum absolute atomic E-state index is 15.3. The van der Waals surface area contributed by atoms with E-state index in [0.717, 1.165) is 5.56 Å². The summed E-state index contributed by atoms with van der Waals surface area (Å²) < 4.78 is 63.5. The first-order valence-corrected chi connectivity index (χ1v) is 28.4. The van der Waals surface area contributed by atoms with E-state index in [2.05, 4.69) is 4.98 Å². The Morgan fingerprint density at radius 3 is 2.14 bits per heavy atom. The summed E-state index contributed by atoms with van der Waals surface area (Å²) in [5.41, 5.74) is -1.83. The van der Waals surface area contributed by atoms with E-state index >= 15 is 9.59 Å². The second kappa shape index (κ2) is 26.2. The molecular weight excluding hydrogens is 1010 g/mol. The van der Waals surface area contributed by atoms with Crippen molar-refractivity contribution in [2.75, 3.05) is 48.3 Å². The van der Waals surface area contributed by atoms with Crippen LogP contribution in [-0.4, -0.2) is 175 Å². The van der Waals surface area contributed by atoms with Crippen molar-refractivity contribution in [1.29, 1.82) is 0 Å². The highest BCUT2D eigenvalue weighted by Crippen LogP contribution is 2.50. The number of benzene rings is 1. The number of carbonyl (C=O) groups excluding carboxylic acids is 4. The van der Waals surface area contributed by atoms with Gasteiger partial charge in [0.2, 0.25) is 0 Å². The number of Topliss-reactive ketones (excluding diaryl/α,β-unsaturated/α-hetero) is 2. The van der Waals surface area contributed by atoms with Crippen molar-refractivity contribution in [2.45, 2.75) is 198 Å². The fourth-order valence-corrected chi connectivity index (χ4v) is 14.1. The molecule has 0 bridgehead atoms. The number of ketones is 2. The average molecular weight is 1100 g/mol. The van der Waals surface area contributed by atoms with Crippen molar-refractivity contribution >= 4 is 35.3 Å².